The number of oxazole rings is 1. The molecule has 1 aliphatic heterocycles. The number of carbonyl (C=O) groups excluding carboxylic acids is 1. The smallest absolute Gasteiger partial charge is 0.416 e. The molecule has 2 atom stereocenters. The summed E-state index contributed by atoms with van der Waals surface area (Å²) >= 11 is 0. The van der Waals surface area contributed by atoms with E-state index in [0.717, 1.165) is 49.1 Å². The molecule has 0 unspecified atom stereocenters. The molecule has 0 amide bonds. The van der Waals surface area contributed by atoms with E-state index in [1.807, 2.05) is 29.2 Å². The first kappa shape index (κ1) is 29.4. The van der Waals surface area contributed by atoms with E-state index in [1.54, 1.807) is 0 Å². The second-order valence-corrected chi connectivity index (χ2v) is 14.3. The number of anilines is 1. The molecule has 2 heterocycles. The van der Waals surface area contributed by atoms with Gasteiger partial charge in [-0.15, -0.1) is 0 Å². The van der Waals surface area contributed by atoms with Crippen molar-refractivity contribution in [3.05, 3.63) is 59.9 Å². The second kappa shape index (κ2) is 11.1. The highest BCUT2D eigenvalue weighted by Crippen LogP contribution is 2.51. The molecule has 1 aromatic heterocycles. The summed E-state index contributed by atoms with van der Waals surface area (Å²) < 4.78 is 69.7. The van der Waals surface area contributed by atoms with Crippen molar-refractivity contribution in [3.8, 4) is 28.8 Å². The third kappa shape index (κ3) is 6.21. The third-order valence-corrected chi connectivity index (χ3v) is 10.7. The molecule has 11 heteroatoms. The van der Waals surface area contributed by atoms with Crippen LogP contribution < -0.4 is 4.90 Å². The van der Waals surface area contributed by atoms with E-state index >= 15 is 0 Å². The SMILES string of the molecule is N#CC1(CC(=O)[C@@H]2CCCC[C@H]2c2oc(-c3ccc(C(F)(F)F)cc3)nc2-c2ccc(N3CCS(=O)(=O)CC3)cc2)CC1. The van der Waals surface area contributed by atoms with Crippen LogP contribution in [0.4, 0.5) is 18.9 Å². The first-order chi connectivity index (χ1) is 20.5. The summed E-state index contributed by atoms with van der Waals surface area (Å²) in [7, 11) is -3.02. The van der Waals surface area contributed by atoms with Gasteiger partial charge in [0, 0.05) is 48.2 Å². The van der Waals surface area contributed by atoms with E-state index in [2.05, 4.69) is 6.07 Å². The van der Waals surface area contributed by atoms with Gasteiger partial charge in [-0.25, -0.2) is 13.4 Å². The Kier molecular flexibility index (Phi) is 7.61. The maximum atomic E-state index is 13.5. The average Bonchev–Trinajstić information content (AvgIpc) is 3.63. The quantitative estimate of drug-likeness (QED) is 0.289. The van der Waals surface area contributed by atoms with Gasteiger partial charge in [0.25, 0.3) is 0 Å². The third-order valence-electron chi connectivity index (χ3n) is 9.08. The van der Waals surface area contributed by atoms with Crippen LogP contribution in [0.15, 0.2) is 52.9 Å². The van der Waals surface area contributed by atoms with Crippen LogP contribution in [0.25, 0.3) is 22.7 Å². The zero-order chi connectivity index (χ0) is 30.4. The summed E-state index contributed by atoms with van der Waals surface area (Å²) in [5.41, 5.74) is 1.22. The Labute approximate surface area is 248 Å². The molecule has 0 bridgehead atoms. The van der Waals surface area contributed by atoms with Crippen molar-refractivity contribution in [2.45, 2.75) is 57.0 Å². The molecule has 3 aliphatic rings. The van der Waals surface area contributed by atoms with Crippen molar-refractivity contribution in [2.75, 3.05) is 29.5 Å². The van der Waals surface area contributed by atoms with E-state index in [1.165, 1.54) is 12.1 Å². The predicted molar refractivity (Wildman–Crippen MR) is 155 cm³/mol. The van der Waals surface area contributed by atoms with Gasteiger partial charge < -0.3 is 9.32 Å². The summed E-state index contributed by atoms with van der Waals surface area (Å²) in [5.74, 6) is 0.362. The molecule has 2 aromatic carbocycles. The number of sulfone groups is 1. The van der Waals surface area contributed by atoms with Gasteiger partial charge in [0.1, 0.15) is 17.2 Å². The lowest BCUT2D eigenvalue weighted by Crippen LogP contribution is -2.40. The zero-order valence-corrected chi connectivity index (χ0v) is 24.4. The largest absolute Gasteiger partial charge is 0.440 e. The number of ketones is 1. The molecule has 3 aromatic rings. The van der Waals surface area contributed by atoms with E-state index in [0.29, 0.717) is 42.9 Å². The minimum Gasteiger partial charge on any atom is -0.440 e. The Morgan fingerprint density at radius 1 is 1.00 bits per heavy atom. The molecule has 7 nitrogen and oxygen atoms in total. The molecule has 226 valence electrons. The molecule has 2 saturated carbocycles. The normalized spacial score (nSPS) is 23.0. The predicted octanol–water partition coefficient (Wildman–Crippen LogP) is 6.80. The lowest BCUT2D eigenvalue weighted by atomic mass is 9.73. The molecule has 0 radical (unpaired) electrons. The van der Waals surface area contributed by atoms with Crippen molar-refractivity contribution in [1.82, 2.24) is 4.98 Å². The van der Waals surface area contributed by atoms with Crippen LogP contribution in [0.1, 0.15) is 62.2 Å². The van der Waals surface area contributed by atoms with Gasteiger partial charge in [0.15, 0.2) is 9.84 Å². The molecule has 0 spiro atoms. The van der Waals surface area contributed by atoms with Crippen LogP contribution in [0.2, 0.25) is 0 Å². The molecular formula is C32H32F3N3O4S. The molecule has 2 aliphatic carbocycles. The zero-order valence-electron chi connectivity index (χ0n) is 23.6. The van der Waals surface area contributed by atoms with E-state index in [-0.39, 0.29) is 41.4 Å². The standard InChI is InChI=1S/C32H32F3N3O4S/c33-32(34,35)23-9-5-22(6-10-23)30-37-28(21-7-11-24(12-8-21)38-15-17-43(40,41)18-16-38)29(42-30)26-4-2-1-3-25(26)27(39)19-31(20-36)13-14-31/h5-12,25-26H,1-4,13-19H2/t25-,26-/m1/s1. The van der Waals surface area contributed by atoms with Gasteiger partial charge in [-0.3, -0.25) is 4.79 Å². The Hall–Kier alpha value is -3.65. The summed E-state index contributed by atoms with van der Waals surface area (Å²) in [4.78, 5) is 20.3. The minimum absolute atomic E-state index is 0.0533. The maximum absolute atomic E-state index is 13.5. The van der Waals surface area contributed by atoms with E-state index in [4.69, 9.17) is 9.40 Å². The monoisotopic (exact) mass is 611 g/mol. The minimum atomic E-state index is -4.47. The molecule has 3 fully saturated rings. The second-order valence-electron chi connectivity index (χ2n) is 12.0. The summed E-state index contributed by atoms with van der Waals surface area (Å²) in [6.07, 6.45) is 0.375. The lowest BCUT2D eigenvalue weighted by molar-refractivity contribution is -0.137. The van der Waals surface area contributed by atoms with Crippen LogP contribution in [-0.4, -0.2) is 43.8 Å². The number of carbonyl (C=O) groups is 1. The van der Waals surface area contributed by atoms with Gasteiger partial charge in [0.05, 0.1) is 28.6 Å². The van der Waals surface area contributed by atoms with Crippen molar-refractivity contribution < 1.29 is 30.8 Å². The number of benzene rings is 2. The Morgan fingerprint density at radius 2 is 1.63 bits per heavy atom. The number of nitrogens with zero attached hydrogens (tertiary/aromatic N) is 3. The fraction of sp³-hybridized carbons (Fsp3) is 0.469. The number of hydrogen-bond donors (Lipinski definition) is 0. The molecular weight excluding hydrogens is 579 g/mol. The molecule has 1 saturated heterocycles. The van der Waals surface area contributed by atoms with Crippen molar-refractivity contribution in [1.29, 1.82) is 5.26 Å². The summed E-state index contributed by atoms with van der Waals surface area (Å²) in [5, 5.41) is 9.59. The Morgan fingerprint density at radius 3 is 2.23 bits per heavy atom. The maximum Gasteiger partial charge on any atom is 0.416 e. The topological polar surface area (TPSA) is 104 Å². The van der Waals surface area contributed by atoms with Gasteiger partial charge in [0.2, 0.25) is 5.89 Å². The number of hydrogen-bond acceptors (Lipinski definition) is 7. The first-order valence-electron chi connectivity index (χ1n) is 14.7. The van der Waals surface area contributed by atoms with Gasteiger partial charge in [-0.2, -0.15) is 18.4 Å². The number of halogens is 3. The Bertz CT molecular complexity index is 1640. The fourth-order valence-corrected chi connectivity index (χ4v) is 7.49. The van der Waals surface area contributed by atoms with Crippen LogP contribution in [-0.2, 0) is 20.8 Å². The summed E-state index contributed by atoms with van der Waals surface area (Å²) in [6.45, 7) is 0.816. The average molecular weight is 612 g/mol. The van der Waals surface area contributed by atoms with Gasteiger partial charge in [-0.05, 0) is 62.1 Å². The lowest BCUT2D eigenvalue weighted by Gasteiger charge is -2.30. The summed E-state index contributed by atoms with van der Waals surface area (Å²) in [6, 6.07) is 14.5. The molecule has 43 heavy (non-hydrogen) atoms. The Balaban J connectivity index is 1.35. The van der Waals surface area contributed by atoms with Crippen LogP contribution in [0.3, 0.4) is 0 Å². The molecule has 6 rings (SSSR count). The van der Waals surface area contributed by atoms with Crippen molar-refractivity contribution in [2.24, 2.45) is 11.3 Å². The number of rotatable bonds is 7. The van der Waals surface area contributed by atoms with Crippen molar-refractivity contribution in [3.63, 3.8) is 0 Å². The van der Waals surface area contributed by atoms with Gasteiger partial charge >= 0.3 is 6.18 Å². The van der Waals surface area contributed by atoms with Gasteiger partial charge in [-0.1, -0.05) is 25.0 Å². The van der Waals surface area contributed by atoms with Crippen LogP contribution >= 0.6 is 0 Å². The van der Waals surface area contributed by atoms with Crippen LogP contribution in [0, 0.1) is 22.7 Å². The first-order valence-corrected chi connectivity index (χ1v) is 16.5. The number of Topliss-reactive ketones (excluding diaryl/α,β-unsaturated/α-hetero) is 1. The van der Waals surface area contributed by atoms with Crippen LogP contribution in [0.5, 0.6) is 0 Å². The highest BCUT2D eigenvalue weighted by molar-refractivity contribution is 7.91. The number of alkyl halides is 3. The van der Waals surface area contributed by atoms with E-state index < -0.39 is 27.0 Å². The fourth-order valence-electron chi connectivity index (χ4n) is 6.29. The highest BCUT2D eigenvalue weighted by Gasteiger charge is 2.47. The number of aromatic nitrogens is 1. The highest BCUT2D eigenvalue weighted by atomic mass is 32.2. The number of nitriles is 1. The molecule has 0 N–H and O–H groups in total. The van der Waals surface area contributed by atoms with E-state index in [9.17, 15) is 31.6 Å². The van der Waals surface area contributed by atoms with Crippen molar-refractivity contribution >= 4 is 21.3 Å².